The van der Waals surface area contributed by atoms with Crippen molar-refractivity contribution in [1.82, 2.24) is 0 Å². The van der Waals surface area contributed by atoms with Gasteiger partial charge in [0.25, 0.3) is 0 Å². The zero-order chi connectivity index (χ0) is 65.5. The smallest absolute Gasteiger partial charge is 0.462 e. The average molecular weight is 1290 g/mol. The van der Waals surface area contributed by atoms with E-state index in [1.807, 2.05) is 21.1 Å². The van der Waals surface area contributed by atoms with E-state index in [1.165, 1.54) is 308 Å². The lowest BCUT2D eigenvalue weighted by atomic mass is 10.0. The Balaban J connectivity index is 3.89. The van der Waals surface area contributed by atoms with Gasteiger partial charge in [0.05, 0.1) is 27.7 Å². The maximum absolute atomic E-state index is 12.9. The molecule has 0 saturated heterocycles. The molecule has 0 aromatic carbocycles. The van der Waals surface area contributed by atoms with Crippen LogP contribution in [0, 0.1) is 0 Å². The molecule has 9 nitrogen and oxygen atoms in total. The summed E-state index contributed by atoms with van der Waals surface area (Å²) in [7, 11) is 1.50. The third-order valence-electron chi connectivity index (χ3n) is 17.9. The second kappa shape index (κ2) is 71.3. The molecule has 530 valence electrons. The highest BCUT2D eigenvalue weighted by Crippen LogP contribution is 2.43. The van der Waals surface area contributed by atoms with Gasteiger partial charge in [0.1, 0.15) is 19.8 Å². The van der Waals surface area contributed by atoms with E-state index in [1.54, 1.807) is 0 Å². The summed E-state index contributed by atoms with van der Waals surface area (Å²) < 4.78 is 34.8. The first-order valence-electron chi connectivity index (χ1n) is 39.4. The first-order valence-corrected chi connectivity index (χ1v) is 40.9. The van der Waals surface area contributed by atoms with Crippen molar-refractivity contribution in [3.63, 3.8) is 0 Å². The third-order valence-corrected chi connectivity index (χ3v) is 18.9. The largest absolute Gasteiger partial charge is 0.472 e. The lowest BCUT2D eigenvalue weighted by Gasteiger charge is -2.24. The number of hydrogen-bond donors (Lipinski definition) is 1. The molecule has 0 aliphatic carbocycles. The van der Waals surface area contributed by atoms with E-state index >= 15 is 0 Å². The highest BCUT2D eigenvalue weighted by atomic mass is 31.2. The van der Waals surface area contributed by atoms with Gasteiger partial charge >= 0.3 is 19.8 Å². The fourth-order valence-electron chi connectivity index (χ4n) is 11.9. The van der Waals surface area contributed by atoms with Crippen molar-refractivity contribution in [3.05, 3.63) is 48.6 Å². The van der Waals surface area contributed by atoms with Gasteiger partial charge in [0, 0.05) is 12.8 Å². The molecular weight excluding hydrogens is 1130 g/mol. The van der Waals surface area contributed by atoms with Crippen molar-refractivity contribution in [3.8, 4) is 0 Å². The number of esters is 2. The molecular formula is C80H153NO8P+. The minimum Gasteiger partial charge on any atom is -0.462 e. The van der Waals surface area contributed by atoms with Crippen LogP contribution in [0.15, 0.2) is 48.6 Å². The van der Waals surface area contributed by atoms with Crippen molar-refractivity contribution in [2.45, 2.75) is 405 Å². The molecule has 1 N–H and O–H groups in total. The molecule has 0 saturated carbocycles. The number of unbranched alkanes of at least 4 members (excludes halogenated alkanes) is 52. The Morgan fingerprint density at radius 3 is 0.944 bits per heavy atom. The summed E-state index contributed by atoms with van der Waals surface area (Å²) >= 11 is 0. The Morgan fingerprint density at radius 1 is 0.356 bits per heavy atom. The van der Waals surface area contributed by atoms with E-state index < -0.39 is 26.5 Å². The highest BCUT2D eigenvalue weighted by Gasteiger charge is 2.27. The van der Waals surface area contributed by atoms with E-state index in [4.69, 9.17) is 18.5 Å². The monoisotopic (exact) mass is 1290 g/mol. The number of rotatable bonds is 74. The molecule has 0 aromatic heterocycles. The maximum atomic E-state index is 12.9. The summed E-state index contributed by atoms with van der Waals surface area (Å²) in [5.41, 5.74) is 0. The van der Waals surface area contributed by atoms with Crippen molar-refractivity contribution in [2.24, 2.45) is 0 Å². The van der Waals surface area contributed by atoms with Crippen molar-refractivity contribution >= 4 is 19.8 Å². The van der Waals surface area contributed by atoms with Gasteiger partial charge in [0.15, 0.2) is 6.10 Å². The second-order valence-electron chi connectivity index (χ2n) is 28.1. The molecule has 0 amide bonds. The molecule has 2 unspecified atom stereocenters. The summed E-state index contributed by atoms with van der Waals surface area (Å²) in [4.78, 5) is 36.0. The molecule has 0 radical (unpaired) electrons. The second-order valence-corrected chi connectivity index (χ2v) is 29.5. The maximum Gasteiger partial charge on any atom is 0.472 e. The Morgan fingerprint density at radius 2 is 0.633 bits per heavy atom. The van der Waals surface area contributed by atoms with Crippen molar-refractivity contribution < 1.29 is 42.1 Å². The molecule has 0 aliphatic heterocycles. The first kappa shape index (κ1) is 88.0. The Labute approximate surface area is 560 Å². The summed E-state index contributed by atoms with van der Waals surface area (Å²) in [5, 5.41) is 0. The number of phosphoric ester groups is 1. The number of hydrogen-bond acceptors (Lipinski definition) is 7. The quantitative estimate of drug-likeness (QED) is 0.0211. The van der Waals surface area contributed by atoms with Crippen LogP contribution in [-0.2, 0) is 32.7 Å². The van der Waals surface area contributed by atoms with Gasteiger partial charge in [-0.05, 0) is 51.4 Å². The van der Waals surface area contributed by atoms with Gasteiger partial charge in [-0.25, -0.2) is 4.57 Å². The van der Waals surface area contributed by atoms with E-state index in [2.05, 4.69) is 62.5 Å². The van der Waals surface area contributed by atoms with Gasteiger partial charge in [-0.15, -0.1) is 0 Å². The van der Waals surface area contributed by atoms with Crippen LogP contribution in [0.4, 0.5) is 0 Å². The summed E-state index contributed by atoms with van der Waals surface area (Å²) in [6.07, 6.45) is 94.1. The fraction of sp³-hybridized carbons (Fsp3) is 0.875. The predicted octanol–water partition coefficient (Wildman–Crippen LogP) is 26.0. The van der Waals surface area contributed by atoms with E-state index in [0.717, 1.165) is 57.8 Å². The van der Waals surface area contributed by atoms with Crippen molar-refractivity contribution in [1.29, 1.82) is 0 Å². The minimum absolute atomic E-state index is 0.0355. The number of allylic oxidation sites excluding steroid dienone is 8. The van der Waals surface area contributed by atoms with Gasteiger partial charge in [0.2, 0.25) is 0 Å². The Hall–Kier alpha value is -2.03. The highest BCUT2D eigenvalue weighted by molar-refractivity contribution is 7.47. The molecule has 0 bridgehead atoms. The molecule has 0 aromatic rings. The molecule has 90 heavy (non-hydrogen) atoms. The fourth-order valence-corrected chi connectivity index (χ4v) is 12.6. The van der Waals surface area contributed by atoms with E-state index in [0.29, 0.717) is 23.9 Å². The van der Waals surface area contributed by atoms with Crippen LogP contribution in [-0.4, -0.2) is 74.9 Å². The van der Waals surface area contributed by atoms with E-state index in [9.17, 15) is 19.0 Å². The van der Waals surface area contributed by atoms with Gasteiger partial charge in [-0.1, -0.05) is 383 Å². The normalized spacial score (nSPS) is 13.3. The zero-order valence-electron chi connectivity index (χ0n) is 60.7. The number of phosphoric acid groups is 1. The standard InChI is InChI=1S/C80H152NO8P/c1-6-8-10-12-14-16-18-20-22-24-26-28-30-32-34-35-36-37-38-39-40-41-42-43-44-45-47-49-51-53-55-57-59-61-63-65-67-69-71-73-80(83)89-78(77-88-90(84,85)87-75-74-81(3,4)5)76-86-79(82)72-70-68-66-64-62-60-58-56-54-52-50-48-46-33-31-29-27-25-23-21-19-17-15-13-11-9-7-2/h8,10,14,16,20,22,26,28,78H,6-7,9,11-13,15,17-19,21,23-25,27,29-77H2,1-5H3/p+1/b10-8-,16-14-,22-20-,28-26-. The third kappa shape index (κ3) is 75.0. The Kier molecular flexibility index (Phi) is 69.7. The number of likely N-dealkylation sites (N-methyl/N-ethyl adjacent to an activating group) is 1. The Bertz CT molecular complexity index is 1660. The first-order chi connectivity index (χ1) is 44.0. The van der Waals surface area contributed by atoms with E-state index in [-0.39, 0.29) is 25.6 Å². The zero-order valence-corrected chi connectivity index (χ0v) is 61.5. The summed E-state index contributed by atoms with van der Waals surface area (Å²) in [6, 6.07) is 0. The molecule has 0 rings (SSSR count). The topological polar surface area (TPSA) is 108 Å². The number of carbonyl (C=O) groups excluding carboxylic acids is 2. The van der Waals surface area contributed by atoms with Gasteiger partial charge < -0.3 is 18.9 Å². The molecule has 0 spiro atoms. The molecule has 0 heterocycles. The van der Waals surface area contributed by atoms with Crippen LogP contribution in [0.5, 0.6) is 0 Å². The van der Waals surface area contributed by atoms with Gasteiger partial charge in [-0.2, -0.15) is 0 Å². The number of ether oxygens (including phenoxy) is 2. The van der Waals surface area contributed by atoms with Crippen LogP contribution >= 0.6 is 7.82 Å². The van der Waals surface area contributed by atoms with Gasteiger partial charge in [-0.3, -0.25) is 18.6 Å². The van der Waals surface area contributed by atoms with Crippen molar-refractivity contribution in [2.75, 3.05) is 47.5 Å². The number of carbonyl (C=O) groups is 2. The SMILES string of the molecule is CC/C=C\C/C=C\C/C=C\C/C=C\CCCCCCCCCCCCCCCCCCCCCCCCCCCCC(=O)OC(COC(=O)CCCCCCCCCCCCCCCCCCCCCCCCCCCCC)COP(=O)(O)OCC[N+](C)(C)C. The molecule has 0 aliphatic rings. The number of nitrogens with zero attached hydrogens (tertiary/aromatic N) is 1. The summed E-state index contributed by atoms with van der Waals surface area (Å²) in [6.45, 7) is 4.40. The lowest BCUT2D eigenvalue weighted by Crippen LogP contribution is -2.37. The molecule has 2 atom stereocenters. The van der Waals surface area contributed by atoms with Crippen LogP contribution in [0.2, 0.25) is 0 Å². The van der Waals surface area contributed by atoms with Crippen LogP contribution in [0.1, 0.15) is 399 Å². The molecule has 10 heteroatoms. The average Bonchev–Trinajstić information content (AvgIpc) is 3.58. The predicted molar refractivity (Wildman–Crippen MR) is 390 cm³/mol. The lowest BCUT2D eigenvalue weighted by molar-refractivity contribution is -0.870. The number of quaternary nitrogens is 1. The van der Waals surface area contributed by atoms with Crippen LogP contribution in [0.25, 0.3) is 0 Å². The van der Waals surface area contributed by atoms with Crippen LogP contribution in [0.3, 0.4) is 0 Å². The summed E-state index contributed by atoms with van der Waals surface area (Å²) in [5.74, 6) is -0.770. The van der Waals surface area contributed by atoms with Crippen LogP contribution < -0.4 is 0 Å². The molecule has 0 fully saturated rings. The minimum atomic E-state index is -4.39.